The summed E-state index contributed by atoms with van der Waals surface area (Å²) in [5.41, 5.74) is 0.428. The molecule has 0 spiro atoms. The van der Waals surface area contributed by atoms with Crippen molar-refractivity contribution in [2.24, 2.45) is 0 Å². The van der Waals surface area contributed by atoms with Crippen LogP contribution in [0.5, 0.6) is 0 Å². The number of pyridine rings is 2. The van der Waals surface area contributed by atoms with Crippen LogP contribution in [0.15, 0.2) is 58.8 Å². The Kier molecular flexibility index (Phi) is 3.24. The predicted octanol–water partition coefficient (Wildman–Crippen LogP) is 0.216. The maximum absolute atomic E-state index is 12.1. The van der Waals surface area contributed by atoms with Crippen LogP contribution in [0.1, 0.15) is 0 Å². The Morgan fingerprint density at radius 1 is 1.08 bits per heavy atom. The predicted molar refractivity (Wildman–Crippen MR) is 88.7 cm³/mol. The summed E-state index contributed by atoms with van der Waals surface area (Å²) in [5, 5.41) is 8.89. The molecule has 0 atom stereocenters. The molecule has 0 aliphatic heterocycles. The SMILES string of the molecule is O=c1cnn(-c2cnc3nn(-c4cccnc4)cc3c2)c(=O)n1S. The van der Waals surface area contributed by atoms with Crippen LogP contribution in [0.3, 0.4) is 0 Å². The van der Waals surface area contributed by atoms with Gasteiger partial charge in [0.2, 0.25) is 0 Å². The molecule has 118 valence electrons. The molecule has 0 aliphatic carbocycles. The van der Waals surface area contributed by atoms with E-state index in [0.29, 0.717) is 20.7 Å². The van der Waals surface area contributed by atoms with Gasteiger partial charge in [-0.25, -0.2) is 18.4 Å². The van der Waals surface area contributed by atoms with Gasteiger partial charge in [0.05, 0.1) is 23.8 Å². The topological polar surface area (TPSA) is 100 Å². The van der Waals surface area contributed by atoms with Crippen LogP contribution in [0.4, 0.5) is 0 Å². The van der Waals surface area contributed by atoms with Crippen molar-refractivity contribution >= 4 is 23.8 Å². The van der Waals surface area contributed by atoms with Crippen LogP contribution in [-0.2, 0) is 0 Å². The van der Waals surface area contributed by atoms with Crippen molar-refractivity contribution in [2.45, 2.75) is 0 Å². The summed E-state index contributed by atoms with van der Waals surface area (Å²) >= 11 is 3.84. The molecule has 4 aromatic rings. The zero-order valence-corrected chi connectivity index (χ0v) is 12.9. The number of nitrogens with zero attached hydrogens (tertiary/aromatic N) is 7. The number of hydrogen-bond acceptors (Lipinski definition) is 7. The minimum atomic E-state index is -0.674. The Balaban J connectivity index is 1.86. The smallest absolute Gasteiger partial charge is 0.266 e. The fourth-order valence-corrected chi connectivity index (χ4v) is 2.35. The molecule has 0 aliphatic rings. The lowest BCUT2D eigenvalue weighted by Crippen LogP contribution is -2.35. The number of rotatable bonds is 2. The van der Waals surface area contributed by atoms with Gasteiger partial charge in [-0.15, -0.1) is 5.10 Å². The van der Waals surface area contributed by atoms with Gasteiger partial charge >= 0.3 is 5.69 Å². The standard InChI is InChI=1S/C14H9N7O2S/c22-12-7-17-20(14(23)21(12)24)11-4-9-8-19(18-13(9)16-6-11)10-2-1-3-15-5-10/h1-8,24H. The number of fused-ring (bicyclic) bond motifs is 1. The molecule has 24 heavy (non-hydrogen) atoms. The van der Waals surface area contributed by atoms with Gasteiger partial charge in [-0.3, -0.25) is 9.78 Å². The monoisotopic (exact) mass is 339 g/mol. The normalized spacial score (nSPS) is 11.0. The molecule has 0 aromatic carbocycles. The third-order valence-electron chi connectivity index (χ3n) is 3.35. The van der Waals surface area contributed by atoms with Crippen molar-refractivity contribution in [3.05, 3.63) is 70.0 Å². The minimum Gasteiger partial charge on any atom is -0.266 e. The summed E-state index contributed by atoms with van der Waals surface area (Å²) < 4.78 is 3.36. The summed E-state index contributed by atoms with van der Waals surface area (Å²) in [5.74, 6) is 0. The quantitative estimate of drug-likeness (QED) is 0.524. The van der Waals surface area contributed by atoms with E-state index in [4.69, 9.17) is 0 Å². The summed E-state index contributed by atoms with van der Waals surface area (Å²) in [6.45, 7) is 0. The molecule has 4 heterocycles. The Morgan fingerprint density at radius 3 is 2.75 bits per heavy atom. The van der Waals surface area contributed by atoms with Crippen LogP contribution >= 0.6 is 12.8 Å². The van der Waals surface area contributed by atoms with Crippen molar-refractivity contribution in [1.29, 1.82) is 0 Å². The Labute approximate surface area is 139 Å². The van der Waals surface area contributed by atoms with Crippen molar-refractivity contribution in [3.8, 4) is 11.4 Å². The van der Waals surface area contributed by atoms with Gasteiger partial charge in [-0.2, -0.15) is 9.78 Å². The van der Waals surface area contributed by atoms with E-state index >= 15 is 0 Å². The van der Waals surface area contributed by atoms with Gasteiger partial charge < -0.3 is 0 Å². The zero-order valence-electron chi connectivity index (χ0n) is 12.0. The second kappa shape index (κ2) is 5.42. The summed E-state index contributed by atoms with van der Waals surface area (Å²) in [7, 11) is 0. The fourth-order valence-electron chi connectivity index (χ4n) is 2.21. The fraction of sp³-hybridized carbons (Fsp3) is 0. The van der Waals surface area contributed by atoms with Crippen LogP contribution in [0.2, 0.25) is 0 Å². The highest BCUT2D eigenvalue weighted by Crippen LogP contribution is 2.15. The van der Waals surface area contributed by atoms with E-state index in [0.717, 1.165) is 16.6 Å². The molecule has 0 fully saturated rings. The van der Waals surface area contributed by atoms with Crippen LogP contribution in [0.25, 0.3) is 22.4 Å². The largest absolute Gasteiger partial charge is 0.362 e. The molecule has 4 rings (SSSR count). The molecular weight excluding hydrogens is 330 g/mol. The van der Waals surface area contributed by atoms with Gasteiger partial charge in [0.15, 0.2) is 5.65 Å². The van der Waals surface area contributed by atoms with Crippen LogP contribution in [0, 0.1) is 0 Å². The number of hydrogen-bond donors (Lipinski definition) is 1. The highest BCUT2D eigenvalue weighted by Gasteiger charge is 2.10. The van der Waals surface area contributed by atoms with Gasteiger partial charge in [-0.1, -0.05) is 12.8 Å². The van der Waals surface area contributed by atoms with Crippen LogP contribution < -0.4 is 11.2 Å². The molecule has 0 amide bonds. The molecular formula is C14H9N7O2S. The first kappa shape index (κ1) is 14.3. The van der Waals surface area contributed by atoms with Gasteiger partial charge in [-0.05, 0) is 18.2 Å². The number of aromatic nitrogens is 7. The van der Waals surface area contributed by atoms with Crippen molar-refractivity contribution in [1.82, 2.24) is 33.5 Å². The Morgan fingerprint density at radius 2 is 1.96 bits per heavy atom. The third kappa shape index (κ3) is 2.29. The summed E-state index contributed by atoms with van der Waals surface area (Å²) in [6.07, 6.45) is 7.58. The second-order valence-electron chi connectivity index (χ2n) is 4.88. The van der Waals surface area contributed by atoms with Crippen molar-refractivity contribution in [2.75, 3.05) is 0 Å². The Hall–Kier alpha value is -3.27. The van der Waals surface area contributed by atoms with Crippen molar-refractivity contribution < 1.29 is 0 Å². The minimum absolute atomic E-state index is 0.404. The summed E-state index contributed by atoms with van der Waals surface area (Å²) in [4.78, 5) is 31.7. The first-order chi connectivity index (χ1) is 11.6. The maximum atomic E-state index is 12.1. The molecule has 0 saturated carbocycles. The van der Waals surface area contributed by atoms with Gasteiger partial charge in [0.25, 0.3) is 5.56 Å². The average molecular weight is 339 g/mol. The average Bonchev–Trinajstić information content (AvgIpc) is 3.04. The van der Waals surface area contributed by atoms with Crippen molar-refractivity contribution in [3.63, 3.8) is 0 Å². The maximum Gasteiger partial charge on any atom is 0.362 e. The lowest BCUT2D eigenvalue weighted by Gasteiger charge is -2.03. The van der Waals surface area contributed by atoms with E-state index in [2.05, 4.69) is 33.0 Å². The molecule has 0 unspecified atom stereocenters. The number of thiol groups is 1. The molecule has 0 saturated heterocycles. The van der Waals surface area contributed by atoms with E-state index in [1.165, 1.54) is 6.20 Å². The molecule has 10 heteroatoms. The van der Waals surface area contributed by atoms with E-state index in [1.807, 2.05) is 6.07 Å². The highest BCUT2D eigenvalue weighted by atomic mass is 32.1. The highest BCUT2D eigenvalue weighted by molar-refractivity contribution is 7.78. The molecule has 0 N–H and O–H groups in total. The van der Waals surface area contributed by atoms with E-state index in [1.54, 1.807) is 35.4 Å². The molecule has 0 radical (unpaired) electrons. The van der Waals surface area contributed by atoms with Gasteiger partial charge in [0, 0.05) is 17.8 Å². The zero-order chi connectivity index (χ0) is 16.7. The lowest BCUT2D eigenvalue weighted by molar-refractivity contribution is 0.733. The van der Waals surface area contributed by atoms with E-state index in [-0.39, 0.29) is 0 Å². The molecule has 4 aromatic heterocycles. The lowest BCUT2D eigenvalue weighted by atomic mass is 10.3. The first-order valence-corrected chi connectivity index (χ1v) is 7.20. The molecule has 9 nitrogen and oxygen atoms in total. The van der Waals surface area contributed by atoms with Crippen LogP contribution in [-0.4, -0.2) is 33.5 Å². The third-order valence-corrected chi connectivity index (χ3v) is 3.72. The second-order valence-corrected chi connectivity index (χ2v) is 5.28. The van der Waals surface area contributed by atoms with E-state index < -0.39 is 11.2 Å². The van der Waals surface area contributed by atoms with Gasteiger partial charge in [0.1, 0.15) is 6.20 Å². The Bertz CT molecular complexity index is 1160. The van der Waals surface area contributed by atoms with E-state index in [9.17, 15) is 9.59 Å². The summed E-state index contributed by atoms with van der Waals surface area (Å²) in [6, 6.07) is 5.37. The first-order valence-electron chi connectivity index (χ1n) is 6.80. The molecule has 0 bridgehead atoms.